The first-order valence-electron chi connectivity index (χ1n) is 8.72. The van der Waals surface area contributed by atoms with Crippen molar-refractivity contribution in [3.8, 4) is 0 Å². The standard InChI is InChI=1S/C17H24N4O/c1-2-4-14-17(22)18-9-10-21(14)16-12-5-3-6-13(12)19-15(20-16)11-7-8-11/h11,14H,2-10H2,1H3,(H,18,22). The smallest absolute Gasteiger partial charge is 0.242 e. The van der Waals surface area contributed by atoms with Gasteiger partial charge in [-0.25, -0.2) is 9.97 Å². The molecule has 1 saturated heterocycles. The lowest BCUT2D eigenvalue weighted by atomic mass is 10.1. The van der Waals surface area contributed by atoms with Crippen molar-refractivity contribution >= 4 is 11.7 Å². The molecular formula is C17H24N4O. The van der Waals surface area contributed by atoms with Crippen molar-refractivity contribution in [2.75, 3.05) is 18.0 Å². The molecule has 2 heterocycles. The highest BCUT2D eigenvalue weighted by atomic mass is 16.2. The highest BCUT2D eigenvalue weighted by Crippen LogP contribution is 2.41. The monoisotopic (exact) mass is 300 g/mol. The van der Waals surface area contributed by atoms with Crippen LogP contribution >= 0.6 is 0 Å². The van der Waals surface area contributed by atoms with Crippen LogP contribution in [0.3, 0.4) is 0 Å². The molecule has 0 spiro atoms. The second-order valence-corrected chi connectivity index (χ2v) is 6.75. The van der Waals surface area contributed by atoms with E-state index in [1.807, 2.05) is 0 Å². The number of aromatic nitrogens is 2. The summed E-state index contributed by atoms with van der Waals surface area (Å²) in [5.41, 5.74) is 2.55. The molecule has 3 aliphatic rings. The lowest BCUT2D eigenvalue weighted by Crippen LogP contribution is -2.56. The highest BCUT2D eigenvalue weighted by Gasteiger charge is 2.35. The van der Waals surface area contributed by atoms with Gasteiger partial charge in [0, 0.05) is 30.3 Å². The van der Waals surface area contributed by atoms with Crippen molar-refractivity contribution < 1.29 is 4.79 Å². The fourth-order valence-corrected chi connectivity index (χ4v) is 3.72. The topological polar surface area (TPSA) is 58.1 Å². The molecule has 1 aliphatic heterocycles. The van der Waals surface area contributed by atoms with Gasteiger partial charge in [-0.2, -0.15) is 0 Å². The molecule has 2 aliphatic carbocycles. The van der Waals surface area contributed by atoms with Gasteiger partial charge in [0.2, 0.25) is 5.91 Å². The normalized spacial score (nSPS) is 24.3. The number of rotatable bonds is 4. The Balaban J connectivity index is 1.75. The molecule has 1 saturated carbocycles. The third-order valence-corrected chi connectivity index (χ3v) is 5.04. The molecule has 1 amide bonds. The van der Waals surface area contributed by atoms with Crippen molar-refractivity contribution in [1.29, 1.82) is 0 Å². The molecule has 1 atom stereocenters. The summed E-state index contributed by atoms with van der Waals surface area (Å²) >= 11 is 0. The number of anilines is 1. The third-order valence-electron chi connectivity index (χ3n) is 5.04. The van der Waals surface area contributed by atoms with Crippen LogP contribution in [0.2, 0.25) is 0 Å². The minimum Gasteiger partial charge on any atom is -0.353 e. The number of piperazine rings is 1. The van der Waals surface area contributed by atoms with Gasteiger partial charge < -0.3 is 10.2 Å². The van der Waals surface area contributed by atoms with Gasteiger partial charge in [0.15, 0.2) is 0 Å². The van der Waals surface area contributed by atoms with Gasteiger partial charge in [-0.1, -0.05) is 13.3 Å². The largest absolute Gasteiger partial charge is 0.353 e. The van der Waals surface area contributed by atoms with Crippen LogP contribution in [-0.4, -0.2) is 35.0 Å². The quantitative estimate of drug-likeness (QED) is 0.923. The van der Waals surface area contributed by atoms with E-state index in [-0.39, 0.29) is 11.9 Å². The minimum atomic E-state index is -0.0644. The first-order chi connectivity index (χ1) is 10.8. The van der Waals surface area contributed by atoms with Crippen LogP contribution in [0.5, 0.6) is 0 Å². The zero-order valence-corrected chi connectivity index (χ0v) is 13.3. The van der Waals surface area contributed by atoms with E-state index in [4.69, 9.17) is 9.97 Å². The lowest BCUT2D eigenvalue weighted by molar-refractivity contribution is -0.123. The molecular weight excluding hydrogens is 276 g/mol. The van der Waals surface area contributed by atoms with Crippen LogP contribution < -0.4 is 10.2 Å². The maximum absolute atomic E-state index is 12.3. The van der Waals surface area contributed by atoms with E-state index in [9.17, 15) is 4.79 Å². The summed E-state index contributed by atoms with van der Waals surface area (Å²) in [4.78, 5) is 24.3. The van der Waals surface area contributed by atoms with E-state index in [1.54, 1.807) is 0 Å². The zero-order valence-electron chi connectivity index (χ0n) is 13.3. The molecule has 5 nitrogen and oxygen atoms in total. The lowest BCUT2D eigenvalue weighted by Gasteiger charge is -2.37. The predicted octanol–water partition coefficient (Wildman–Crippen LogP) is 1.95. The molecule has 1 aromatic rings. The van der Waals surface area contributed by atoms with Gasteiger partial charge in [0.05, 0.1) is 0 Å². The first-order valence-corrected chi connectivity index (χ1v) is 8.72. The number of hydrogen-bond acceptors (Lipinski definition) is 4. The second-order valence-electron chi connectivity index (χ2n) is 6.75. The van der Waals surface area contributed by atoms with Crippen LogP contribution in [0.15, 0.2) is 0 Å². The van der Waals surface area contributed by atoms with Gasteiger partial charge >= 0.3 is 0 Å². The number of aryl methyl sites for hydroxylation is 1. The van der Waals surface area contributed by atoms with Gasteiger partial charge in [0.25, 0.3) is 0 Å². The summed E-state index contributed by atoms with van der Waals surface area (Å²) in [6.07, 6.45) is 7.65. The van der Waals surface area contributed by atoms with Gasteiger partial charge in [-0.15, -0.1) is 0 Å². The van der Waals surface area contributed by atoms with E-state index in [1.165, 1.54) is 30.5 Å². The van der Waals surface area contributed by atoms with Crippen molar-refractivity contribution in [3.63, 3.8) is 0 Å². The van der Waals surface area contributed by atoms with E-state index >= 15 is 0 Å². The molecule has 22 heavy (non-hydrogen) atoms. The number of fused-ring (bicyclic) bond motifs is 1. The van der Waals surface area contributed by atoms with Gasteiger partial charge in [-0.3, -0.25) is 4.79 Å². The molecule has 0 bridgehead atoms. The fourth-order valence-electron chi connectivity index (χ4n) is 3.72. The zero-order chi connectivity index (χ0) is 15.1. The summed E-state index contributed by atoms with van der Waals surface area (Å²) in [6.45, 7) is 3.72. The third kappa shape index (κ3) is 2.36. The number of carbonyl (C=O) groups is 1. The van der Waals surface area contributed by atoms with E-state index in [0.717, 1.165) is 50.4 Å². The molecule has 0 radical (unpaired) electrons. The van der Waals surface area contributed by atoms with Crippen molar-refractivity contribution in [2.24, 2.45) is 0 Å². The Bertz CT molecular complexity index is 597. The Labute approximate surface area is 131 Å². The summed E-state index contributed by atoms with van der Waals surface area (Å²) in [7, 11) is 0. The second kappa shape index (κ2) is 5.52. The van der Waals surface area contributed by atoms with Crippen LogP contribution in [0.4, 0.5) is 5.82 Å². The Morgan fingerprint density at radius 2 is 2.14 bits per heavy atom. The SMILES string of the molecule is CCCC1C(=O)NCCN1c1nc(C2CC2)nc2c1CCC2. The van der Waals surface area contributed by atoms with Crippen molar-refractivity contribution in [1.82, 2.24) is 15.3 Å². The van der Waals surface area contributed by atoms with Crippen LogP contribution in [0.1, 0.15) is 62.0 Å². The Morgan fingerprint density at radius 1 is 1.27 bits per heavy atom. The maximum atomic E-state index is 12.3. The van der Waals surface area contributed by atoms with E-state index < -0.39 is 0 Å². The average molecular weight is 300 g/mol. The fraction of sp³-hybridized carbons (Fsp3) is 0.706. The van der Waals surface area contributed by atoms with Gasteiger partial charge in [-0.05, 0) is 38.5 Å². The molecule has 1 unspecified atom stereocenters. The van der Waals surface area contributed by atoms with Gasteiger partial charge in [0.1, 0.15) is 17.7 Å². The number of carbonyl (C=O) groups excluding carboxylic acids is 1. The maximum Gasteiger partial charge on any atom is 0.242 e. The Kier molecular flexibility index (Phi) is 3.51. The summed E-state index contributed by atoms with van der Waals surface area (Å²) in [6, 6.07) is -0.0644. The van der Waals surface area contributed by atoms with Crippen LogP contribution in [0.25, 0.3) is 0 Å². The summed E-state index contributed by atoms with van der Waals surface area (Å²) < 4.78 is 0. The van der Waals surface area contributed by atoms with Crippen molar-refractivity contribution in [3.05, 3.63) is 17.1 Å². The van der Waals surface area contributed by atoms with Crippen LogP contribution in [0, 0.1) is 0 Å². The highest BCUT2D eigenvalue weighted by molar-refractivity contribution is 5.86. The molecule has 1 aromatic heterocycles. The average Bonchev–Trinajstić information content (AvgIpc) is 3.26. The van der Waals surface area contributed by atoms with E-state index in [0.29, 0.717) is 5.92 Å². The molecule has 5 heteroatoms. The number of nitrogens with zero attached hydrogens (tertiary/aromatic N) is 3. The predicted molar refractivity (Wildman–Crippen MR) is 85.1 cm³/mol. The molecule has 1 N–H and O–H groups in total. The Hall–Kier alpha value is -1.65. The van der Waals surface area contributed by atoms with Crippen LogP contribution in [-0.2, 0) is 17.6 Å². The number of nitrogens with one attached hydrogen (secondary N) is 1. The Morgan fingerprint density at radius 3 is 2.91 bits per heavy atom. The minimum absolute atomic E-state index is 0.0644. The number of hydrogen-bond donors (Lipinski definition) is 1. The molecule has 0 aromatic carbocycles. The molecule has 118 valence electrons. The van der Waals surface area contributed by atoms with Crippen molar-refractivity contribution in [2.45, 2.75) is 63.8 Å². The summed E-state index contributed by atoms with van der Waals surface area (Å²) in [5, 5.41) is 3.01. The number of amides is 1. The summed E-state index contributed by atoms with van der Waals surface area (Å²) in [5.74, 6) is 2.81. The van der Waals surface area contributed by atoms with E-state index in [2.05, 4.69) is 17.1 Å². The first kappa shape index (κ1) is 14.0. The molecule has 2 fully saturated rings. The molecule has 4 rings (SSSR count).